The average Bonchev–Trinajstić information content (AvgIpc) is 3.29. The second-order valence-electron chi connectivity index (χ2n) is 5.53. The van der Waals surface area contributed by atoms with Gasteiger partial charge in [0.25, 0.3) is 0 Å². The fraction of sp³-hybridized carbons (Fsp3) is 0.333. The summed E-state index contributed by atoms with van der Waals surface area (Å²) in [6.45, 7) is 0. The number of alkyl halides is 3. The molecule has 0 amide bonds. The second kappa shape index (κ2) is 6.04. The van der Waals surface area contributed by atoms with E-state index in [-0.39, 0.29) is 5.92 Å². The molecule has 1 aromatic rings. The molecule has 9 heteroatoms. The van der Waals surface area contributed by atoms with Crippen LogP contribution in [0.1, 0.15) is 24.0 Å². The maximum Gasteiger partial charge on any atom is 0.416 e. The van der Waals surface area contributed by atoms with Crippen molar-refractivity contribution in [3.8, 4) is 0 Å². The van der Waals surface area contributed by atoms with Gasteiger partial charge in [-0.3, -0.25) is 4.79 Å². The molecule has 0 unspecified atom stereocenters. The zero-order chi connectivity index (χ0) is 18.3. The third-order valence-corrected chi connectivity index (χ3v) is 4.71. The minimum atomic E-state index is -4.76. The van der Waals surface area contributed by atoms with Crippen LogP contribution in [-0.4, -0.2) is 31.8 Å². The van der Waals surface area contributed by atoms with Crippen LogP contribution >= 0.6 is 0 Å². The van der Waals surface area contributed by atoms with Crippen LogP contribution in [0, 0.1) is 11.3 Å². The van der Waals surface area contributed by atoms with Crippen molar-refractivity contribution in [3.63, 3.8) is 0 Å². The predicted octanol–water partition coefficient (Wildman–Crippen LogP) is 3.01. The van der Waals surface area contributed by atoms with E-state index in [9.17, 15) is 31.5 Å². The monoisotopic (exact) mass is 361 g/mol. The van der Waals surface area contributed by atoms with Gasteiger partial charge >= 0.3 is 6.18 Å². The van der Waals surface area contributed by atoms with Gasteiger partial charge in [-0.2, -0.15) is 13.2 Å². The molecule has 0 saturated heterocycles. The van der Waals surface area contributed by atoms with E-state index in [0.717, 1.165) is 6.07 Å². The normalized spacial score (nSPS) is 16.5. The van der Waals surface area contributed by atoms with E-state index in [0.29, 0.717) is 37.4 Å². The molecular weight excluding hydrogens is 347 g/mol. The average molecular weight is 361 g/mol. The topological polar surface area (TPSA) is 95.3 Å². The van der Waals surface area contributed by atoms with Gasteiger partial charge in [-0.05, 0) is 31.0 Å². The Morgan fingerprint density at radius 1 is 1.33 bits per heavy atom. The van der Waals surface area contributed by atoms with Crippen LogP contribution in [0.3, 0.4) is 0 Å². The van der Waals surface area contributed by atoms with Crippen molar-refractivity contribution in [1.82, 2.24) is 0 Å². The Hall–Kier alpha value is -2.16. The number of allylic oxidation sites excluding steroid dienone is 1. The van der Waals surface area contributed by atoms with Crippen molar-refractivity contribution >= 4 is 27.6 Å². The van der Waals surface area contributed by atoms with E-state index in [4.69, 9.17) is 5.41 Å². The largest absolute Gasteiger partial charge is 0.506 e. The number of ketones is 1. The first-order valence-electron chi connectivity index (χ1n) is 6.86. The van der Waals surface area contributed by atoms with Crippen molar-refractivity contribution < 1.29 is 31.5 Å². The highest BCUT2D eigenvalue weighted by molar-refractivity contribution is 7.90. The van der Waals surface area contributed by atoms with Crippen LogP contribution in [0.2, 0.25) is 0 Å². The van der Waals surface area contributed by atoms with Crippen LogP contribution in [0.25, 0.3) is 5.76 Å². The lowest BCUT2D eigenvalue weighted by molar-refractivity contribution is -0.137. The zero-order valence-electron chi connectivity index (χ0n) is 12.5. The number of nitrogens with one attached hydrogen (secondary N) is 1. The number of Topliss-reactive ketones (excluding diaryl/α,β-unsaturated/α-hetero) is 1. The van der Waals surface area contributed by atoms with Gasteiger partial charge < -0.3 is 10.5 Å². The van der Waals surface area contributed by atoms with E-state index in [2.05, 4.69) is 0 Å². The number of carbonyl (C=O) groups excluding carboxylic acids is 1. The minimum absolute atomic E-state index is 0.347. The fourth-order valence-corrected chi connectivity index (χ4v) is 3.07. The van der Waals surface area contributed by atoms with E-state index in [1.54, 1.807) is 0 Å². The van der Waals surface area contributed by atoms with Crippen LogP contribution in [-0.2, 0) is 20.8 Å². The van der Waals surface area contributed by atoms with Crippen molar-refractivity contribution in [1.29, 1.82) is 5.41 Å². The molecule has 2 N–H and O–H groups in total. The fourth-order valence-electron chi connectivity index (χ4n) is 2.17. The van der Waals surface area contributed by atoms with Crippen molar-refractivity contribution in [2.45, 2.75) is 23.9 Å². The molecular formula is C15H14F3NO4S. The number of aliphatic hydroxyl groups excluding tert-OH is 1. The van der Waals surface area contributed by atoms with Crippen LogP contribution in [0.5, 0.6) is 0 Å². The van der Waals surface area contributed by atoms with E-state index >= 15 is 0 Å². The summed E-state index contributed by atoms with van der Waals surface area (Å²) in [6, 6.07) is 1.81. The van der Waals surface area contributed by atoms with E-state index in [1.807, 2.05) is 0 Å². The van der Waals surface area contributed by atoms with E-state index < -0.39 is 49.2 Å². The SMILES string of the molecule is CS(=O)(=O)c1cc(C(F)(F)F)ccc1C(O)=C(C=N)C(=O)C1CC1. The summed E-state index contributed by atoms with van der Waals surface area (Å²) in [5.41, 5.74) is -2.04. The minimum Gasteiger partial charge on any atom is -0.506 e. The van der Waals surface area contributed by atoms with E-state index in [1.165, 1.54) is 0 Å². The number of hydrogen-bond donors (Lipinski definition) is 2. The molecule has 0 heterocycles. The van der Waals surface area contributed by atoms with Gasteiger partial charge in [0.2, 0.25) is 0 Å². The highest BCUT2D eigenvalue weighted by Gasteiger charge is 2.35. The molecule has 5 nitrogen and oxygen atoms in total. The summed E-state index contributed by atoms with van der Waals surface area (Å²) in [5, 5.41) is 17.5. The summed E-state index contributed by atoms with van der Waals surface area (Å²) < 4.78 is 62.0. The Balaban J connectivity index is 2.68. The van der Waals surface area contributed by atoms with Gasteiger partial charge in [0.1, 0.15) is 5.76 Å². The summed E-state index contributed by atoms with van der Waals surface area (Å²) >= 11 is 0. The number of carbonyl (C=O) groups is 1. The van der Waals surface area contributed by atoms with Gasteiger partial charge in [0, 0.05) is 24.0 Å². The standard InChI is InChI=1S/C15H14F3NO4S/c1-24(22,23)12-6-9(15(16,17)18)4-5-10(12)14(21)11(7-19)13(20)8-2-3-8/h4-8,19,21H,2-3H2,1H3. The summed E-state index contributed by atoms with van der Waals surface area (Å²) in [5.74, 6) is -1.68. The molecule has 1 aromatic carbocycles. The molecule has 130 valence electrons. The summed E-state index contributed by atoms with van der Waals surface area (Å²) in [4.78, 5) is 11.3. The number of sulfone groups is 1. The van der Waals surface area contributed by atoms with Gasteiger partial charge in [-0.1, -0.05) is 0 Å². The molecule has 0 radical (unpaired) electrons. The third-order valence-electron chi connectivity index (χ3n) is 3.58. The van der Waals surface area contributed by atoms with Crippen molar-refractivity contribution in [2.24, 2.45) is 5.92 Å². The molecule has 1 aliphatic rings. The maximum absolute atomic E-state index is 12.8. The molecule has 0 aliphatic heterocycles. The zero-order valence-corrected chi connectivity index (χ0v) is 13.3. The van der Waals surface area contributed by atoms with Crippen LogP contribution in [0.4, 0.5) is 13.2 Å². The molecule has 0 bridgehead atoms. The lowest BCUT2D eigenvalue weighted by Crippen LogP contribution is -2.12. The summed E-state index contributed by atoms with van der Waals surface area (Å²) in [6.07, 6.45) is -2.29. The van der Waals surface area contributed by atoms with Gasteiger partial charge in [-0.15, -0.1) is 0 Å². The predicted molar refractivity (Wildman–Crippen MR) is 80.6 cm³/mol. The Labute approximate surface area is 136 Å². The lowest BCUT2D eigenvalue weighted by atomic mass is 10.0. The smallest absolute Gasteiger partial charge is 0.416 e. The van der Waals surface area contributed by atoms with Crippen LogP contribution < -0.4 is 0 Å². The number of aliphatic hydroxyl groups is 1. The molecule has 1 saturated carbocycles. The third kappa shape index (κ3) is 3.66. The first-order chi connectivity index (χ1) is 11.0. The van der Waals surface area contributed by atoms with Gasteiger partial charge in [0.15, 0.2) is 15.6 Å². The number of rotatable bonds is 5. The lowest BCUT2D eigenvalue weighted by Gasteiger charge is -2.13. The van der Waals surface area contributed by atoms with Gasteiger partial charge in [-0.25, -0.2) is 8.42 Å². The van der Waals surface area contributed by atoms with Crippen molar-refractivity contribution in [2.75, 3.05) is 6.26 Å². The van der Waals surface area contributed by atoms with Gasteiger partial charge in [0.05, 0.1) is 16.0 Å². The first-order valence-corrected chi connectivity index (χ1v) is 8.75. The number of hydrogen-bond acceptors (Lipinski definition) is 5. The highest BCUT2D eigenvalue weighted by atomic mass is 32.2. The number of benzene rings is 1. The Morgan fingerprint density at radius 2 is 1.92 bits per heavy atom. The first kappa shape index (κ1) is 18.2. The Morgan fingerprint density at radius 3 is 2.33 bits per heavy atom. The maximum atomic E-state index is 12.8. The van der Waals surface area contributed by atoms with Crippen LogP contribution in [0.15, 0.2) is 28.7 Å². The second-order valence-corrected chi connectivity index (χ2v) is 7.51. The molecule has 2 rings (SSSR count). The molecule has 1 fully saturated rings. The Kier molecular flexibility index (Phi) is 4.58. The molecule has 0 atom stereocenters. The molecule has 0 aromatic heterocycles. The number of halogens is 3. The highest BCUT2D eigenvalue weighted by Crippen LogP contribution is 2.36. The quantitative estimate of drug-likeness (QED) is 0.479. The molecule has 0 spiro atoms. The summed E-state index contributed by atoms with van der Waals surface area (Å²) in [7, 11) is -4.11. The Bertz CT molecular complexity index is 837. The molecule has 24 heavy (non-hydrogen) atoms. The van der Waals surface area contributed by atoms with Crippen molar-refractivity contribution in [3.05, 3.63) is 34.9 Å². The molecule has 1 aliphatic carbocycles.